The monoisotopic (exact) mass is 475 g/mol. The Morgan fingerprint density at radius 3 is 2.49 bits per heavy atom. The fraction of sp³-hybridized carbons (Fsp3) is 0.269. The number of fused-ring (bicyclic) bond motifs is 1. The number of piperazine rings is 1. The second-order valence-corrected chi connectivity index (χ2v) is 8.37. The van der Waals surface area contributed by atoms with Crippen LogP contribution in [-0.2, 0) is 11.3 Å². The van der Waals surface area contributed by atoms with E-state index in [0.29, 0.717) is 49.7 Å². The lowest BCUT2D eigenvalue weighted by Gasteiger charge is -2.36. The molecule has 35 heavy (non-hydrogen) atoms. The van der Waals surface area contributed by atoms with E-state index in [-0.39, 0.29) is 23.8 Å². The van der Waals surface area contributed by atoms with Crippen LogP contribution in [0.3, 0.4) is 0 Å². The predicted octanol–water partition coefficient (Wildman–Crippen LogP) is 3.05. The fourth-order valence-electron chi connectivity index (χ4n) is 4.33. The van der Waals surface area contributed by atoms with Gasteiger partial charge in [0.1, 0.15) is 23.6 Å². The molecule has 5 rings (SSSR count). The van der Waals surface area contributed by atoms with E-state index in [9.17, 15) is 14.0 Å². The molecule has 0 N–H and O–H groups in total. The van der Waals surface area contributed by atoms with E-state index in [1.54, 1.807) is 41.6 Å². The van der Waals surface area contributed by atoms with E-state index in [2.05, 4.69) is 5.10 Å². The first-order valence-corrected chi connectivity index (χ1v) is 11.6. The summed E-state index contributed by atoms with van der Waals surface area (Å²) in [6.45, 7) is 4.48. The molecule has 8 nitrogen and oxygen atoms in total. The van der Waals surface area contributed by atoms with Crippen molar-refractivity contribution in [1.29, 1.82) is 0 Å². The Balaban J connectivity index is 1.28. The number of rotatable bonds is 6. The van der Waals surface area contributed by atoms with E-state index in [4.69, 9.17) is 4.74 Å². The molecule has 0 atom stereocenters. The van der Waals surface area contributed by atoms with E-state index in [1.807, 2.05) is 36.1 Å². The van der Waals surface area contributed by atoms with Crippen molar-refractivity contribution in [2.75, 3.05) is 37.7 Å². The summed E-state index contributed by atoms with van der Waals surface area (Å²) >= 11 is 0. The molecular formula is C26H26FN5O3. The van der Waals surface area contributed by atoms with Crippen LogP contribution in [0.15, 0.2) is 71.8 Å². The van der Waals surface area contributed by atoms with Gasteiger partial charge < -0.3 is 19.1 Å². The van der Waals surface area contributed by atoms with Crippen molar-refractivity contribution in [3.8, 4) is 17.0 Å². The summed E-state index contributed by atoms with van der Waals surface area (Å²) < 4.78 is 22.5. The summed E-state index contributed by atoms with van der Waals surface area (Å²) in [6, 6.07) is 15.9. The lowest BCUT2D eigenvalue weighted by atomic mass is 10.1. The van der Waals surface area contributed by atoms with E-state index in [0.717, 1.165) is 11.3 Å². The molecule has 3 heterocycles. The minimum atomic E-state index is -0.282. The van der Waals surface area contributed by atoms with Gasteiger partial charge in [-0.1, -0.05) is 12.1 Å². The quantitative estimate of drug-likeness (QED) is 0.429. The maximum Gasteiger partial charge on any atom is 0.277 e. The lowest BCUT2D eigenvalue weighted by molar-refractivity contribution is -0.132. The molecule has 1 aliphatic rings. The van der Waals surface area contributed by atoms with Gasteiger partial charge in [-0.05, 0) is 49.4 Å². The van der Waals surface area contributed by atoms with Crippen LogP contribution in [-0.4, -0.2) is 57.8 Å². The van der Waals surface area contributed by atoms with Crippen molar-refractivity contribution in [1.82, 2.24) is 19.1 Å². The van der Waals surface area contributed by atoms with Gasteiger partial charge in [-0.2, -0.15) is 5.10 Å². The van der Waals surface area contributed by atoms with Gasteiger partial charge in [0.2, 0.25) is 5.91 Å². The number of anilines is 1. The average molecular weight is 476 g/mol. The minimum absolute atomic E-state index is 0.0569. The number of aromatic nitrogens is 3. The molecule has 1 aliphatic heterocycles. The average Bonchev–Trinajstić information content (AvgIpc) is 3.32. The third kappa shape index (κ3) is 4.62. The van der Waals surface area contributed by atoms with Crippen molar-refractivity contribution in [2.45, 2.75) is 13.5 Å². The molecule has 1 fully saturated rings. The summed E-state index contributed by atoms with van der Waals surface area (Å²) in [5.41, 5.74) is 2.19. The highest BCUT2D eigenvalue weighted by Gasteiger charge is 2.23. The van der Waals surface area contributed by atoms with Crippen molar-refractivity contribution in [2.24, 2.45) is 0 Å². The molecule has 0 saturated carbocycles. The molecule has 2 aromatic heterocycles. The smallest absolute Gasteiger partial charge is 0.277 e. The van der Waals surface area contributed by atoms with Gasteiger partial charge in [0, 0.05) is 44.1 Å². The van der Waals surface area contributed by atoms with Crippen molar-refractivity contribution in [3.05, 3.63) is 83.2 Å². The van der Waals surface area contributed by atoms with E-state index in [1.165, 1.54) is 15.1 Å². The second-order valence-electron chi connectivity index (χ2n) is 8.37. The third-order valence-corrected chi connectivity index (χ3v) is 6.20. The summed E-state index contributed by atoms with van der Waals surface area (Å²) in [7, 11) is 0. The molecule has 1 saturated heterocycles. The van der Waals surface area contributed by atoms with Gasteiger partial charge >= 0.3 is 0 Å². The molecule has 180 valence electrons. The molecule has 0 bridgehead atoms. The Hall–Kier alpha value is -4.14. The highest BCUT2D eigenvalue weighted by Crippen LogP contribution is 2.22. The molecule has 0 spiro atoms. The zero-order chi connectivity index (χ0) is 24.4. The standard InChI is InChI=1S/C26H26FN5O3/c1-2-35-20-9-7-19(8-10-20)22-17-24-26(34)31(15-16-32(24)28-22)18-25(33)30-13-11-29(12-14-30)23-6-4-3-5-21(23)27/h3-10,15-17H,2,11-14,18H2,1H3. The highest BCUT2D eigenvalue weighted by molar-refractivity contribution is 5.76. The maximum atomic E-state index is 14.1. The number of amides is 1. The lowest BCUT2D eigenvalue weighted by Crippen LogP contribution is -2.50. The number of para-hydroxylation sites is 1. The topological polar surface area (TPSA) is 72.1 Å². The van der Waals surface area contributed by atoms with Gasteiger partial charge in [-0.3, -0.25) is 9.59 Å². The zero-order valence-corrected chi connectivity index (χ0v) is 19.4. The van der Waals surface area contributed by atoms with Crippen LogP contribution in [0.2, 0.25) is 0 Å². The van der Waals surface area contributed by atoms with E-state index >= 15 is 0 Å². The highest BCUT2D eigenvalue weighted by atomic mass is 19.1. The van der Waals surface area contributed by atoms with Crippen LogP contribution in [0, 0.1) is 5.82 Å². The Morgan fingerprint density at radius 1 is 1.03 bits per heavy atom. The Kier molecular flexibility index (Phi) is 6.22. The van der Waals surface area contributed by atoms with Crippen LogP contribution in [0.4, 0.5) is 10.1 Å². The van der Waals surface area contributed by atoms with Crippen molar-refractivity contribution < 1.29 is 13.9 Å². The Labute approximate surface area is 201 Å². The first-order valence-electron chi connectivity index (χ1n) is 11.6. The molecule has 2 aromatic carbocycles. The first-order chi connectivity index (χ1) is 17.0. The predicted molar refractivity (Wildman–Crippen MR) is 131 cm³/mol. The summed E-state index contributed by atoms with van der Waals surface area (Å²) in [5.74, 6) is 0.365. The maximum absolute atomic E-state index is 14.1. The molecule has 0 aliphatic carbocycles. The van der Waals surface area contributed by atoms with Crippen LogP contribution in [0.1, 0.15) is 6.92 Å². The van der Waals surface area contributed by atoms with Gasteiger partial charge in [0.15, 0.2) is 0 Å². The summed E-state index contributed by atoms with van der Waals surface area (Å²) in [4.78, 5) is 29.6. The molecule has 4 aromatic rings. The fourth-order valence-corrected chi connectivity index (χ4v) is 4.33. The number of ether oxygens (including phenoxy) is 1. The minimum Gasteiger partial charge on any atom is -0.494 e. The number of nitrogens with zero attached hydrogens (tertiary/aromatic N) is 5. The van der Waals surface area contributed by atoms with Gasteiger partial charge in [-0.25, -0.2) is 8.91 Å². The number of benzene rings is 2. The number of hydrogen-bond acceptors (Lipinski definition) is 5. The third-order valence-electron chi connectivity index (χ3n) is 6.20. The van der Waals surface area contributed by atoms with E-state index < -0.39 is 0 Å². The zero-order valence-electron chi connectivity index (χ0n) is 19.4. The van der Waals surface area contributed by atoms with Crippen molar-refractivity contribution in [3.63, 3.8) is 0 Å². The summed E-state index contributed by atoms with van der Waals surface area (Å²) in [5, 5.41) is 4.50. The number of halogens is 1. The van der Waals surface area contributed by atoms with Gasteiger partial charge in [0.05, 0.1) is 18.0 Å². The largest absolute Gasteiger partial charge is 0.494 e. The molecule has 1 amide bonds. The number of carbonyl (C=O) groups excluding carboxylic acids is 1. The second kappa shape index (κ2) is 9.61. The first kappa shape index (κ1) is 22.6. The normalized spacial score (nSPS) is 13.9. The van der Waals surface area contributed by atoms with Gasteiger partial charge in [0.25, 0.3) is 5.56 Å². The Morgan fingerprint density at radius 2 is 1.77 bits per heavy atom. The van der Waals surface area contributed by atoms with Crippen LogP contribution in [0.25, 0.3) is 16.8 Å². The van der Waals surface area contributed by atoms with Gasteiger partial charge in [-0.15, -0.1) is 0 Å². The van der Waals surface area contributed by atoms with Crippen LogP contribution >= 0.6 is 0 Å². The van der Waals surface area contributed by atoms with Crippen LogP contribution < -0.4 is 15.2 Å². The van der Waals surface area contributed by atoms with Crippen LogP contribution in [0.5, 0.6) is 5.75 Å². The summed E-state index contributed by atoms with van der Waals surface area (Å²) in [6.07, 6.45) is 3.26. The molecule has 0 unspecified atom stereocenters. The SMILES string of the molecule is CCOc1ccc(-c2cc3c(=O)n(CC(=O)N4CCN(c5ccccc5F)CC4)ccn3n2)cc1. The number of hydrogen-bond donors (Lipinski definition) is 0. The number of carbonyl (C=O) groups is 1. The molecule has 0 radical (unpaired) electrons. The molecular weight excluding hydrogens is 449 g/mol. The molecule has 9 heteroatoms. The van der Waals surface area contributed by atoms with Crippen molar-refractivity contribution >= 4 is 17.1 Å². The Bertz CT molecular complexity index is 1400.